The Morgan fingerprint density at radius 3 is 2.42 bits per heavy atom. The van der Waals surface area contributed by atoms with Gasteiger partial charge >= 0.3 is 6.03 Å². The van der Waals surface area contributed by atoms with Crippen molar-refractivity contribution in [1.29, 1.82) is 0 Å². The van der Waals surface area contributed by atoms with E-state index in [0.717, 1.165) is 29.7 Å². The van der Waals surface area contributed by atoms with Gasteiger partial charge in [-0.3, -0.25) is 0 Å². The number of likely N-dealkylation sites (N-methyl/N-ethyl adjacent to an activating group) is 1. The molecule has 31 heavy (non-hydrogen) atoms. The predicted molar refractivity (Wildman–Crippen MR) is 126 cm³/mol. The SMILES string of the molecule is COc1cc(NC(=O)Nc2ccc3c(ccn3CCN(C)C)c2)ccc1OCC(C)C. The molecule has 0 fully saturated rings. The van der Waals surface area contributed by atoms with Gasteiger partial charge in [0.15, 0.2) is 11.5 Å². The lowest BCUT2D eigenvalue weighted by atomic mass is 10.2. The largest absolute Gasteiger partial charge is 0.493 e. The van der Waals surface area contributed by atoms with E-state index in [4.69, 9.17) is 9.47 Å². The van der Waals surface area contributed by atoms with Crippen LogP contribution < -0.4 is 20.1 Å². The van der Waals surface area contributed by atoms with Gasteiger partial charge in [0.1, 0.15) is 0 Å². The number of urea groups is 1. The second kappa shape index (κ2) is 10.2. The molecule has 2 aromatic carbocycles. The minimum Gasteiger partial charge on any atom is -0.493 e. The lowest BCUT2D eigenvalue weighted by Crippen LogP contribution is -2.19. The molecule has 3 aromatic rings. The zero-order chi connectivity index (χ0) is 22.4. The van der Waals surface area contributed by atoms with Crippen LogP contribution in [0.4, 0.5) is 16.2 Å². The lowest BCUT2D eigenvalue weighted by molar-refractivity contribution is 0.257. The molecule has 0 aliphatic heterocycles. The maximum absolute atomic E-state index is 12.5. The number of aromatic nitrogens is 1. The minimum atomic E-state index is -0.315. The average molecular weight is 425 g/mol. The molecule has 0 saturated heterocycles. The molecule has 0 aliphatic carbocycles. The van der Waals surface area contributed by atoms with Crippen LogP contribution in [-0.2, 0) is 6.54 Å². The molecule has 0 spiro atoms. The van der Waals surface area contributed by atoms with Crippen molar-refractivity contribution in [2.45, 2.75) is 20.4 Å². The summed E-state index contributed by atoms with van der Waals surface area (Å²) in [4.78, 5) is 14.7. The Labute approximate surface area is 183 Å². The zero-order valence-corrected chi connectivity index (χ0v) is 18.9. The topological polar surface area (TPSA) is 67.8 Å². The summed E-state index contributed by atoms with van der Waals surface area (Å²) in [5, 5.41) is 6.83. The van der Waals surface area contributed by atoms with Crippen molar-refractivity contribution in [3.63, 3.8) is 0 Å². The number of amides is 2. The molecule has 2 N–H and O–H groups in total. The van der Waals surface area contributed by atoms with Crippen molar-refractivity contribution in [3.8, 4) is 11.5 Å². The van der Waals surface area contributed by atoms with E-state index in [1.54, 1.807) is 25.3 Å². The average Bonchev–Trinajstić information content (AvgIpc) is 3.13. The van der Waals surface area contributed by atoms with Gasteiger partial charge in [0.2, 0.25) is 0 Å². The van der Waals surface area contributed by atoms with Gasteiger partial charge in [-0.25, -0.2) is 4.79 Å². The molecule has 7 heteroatoms. The molecule has 166 valence electrons. The second-order valence-corrected chi connectivity index (χ2v) is 8.24. The highest BCUT2D eigenvalue weighted by molar-refractivity contribution is 6.01. The van der Waals surface area contributed by atoms with Crippen molar-refractivity contribution in [2.75, 3.05) is 45.0 Å². The van der Waals surface area contributed by atoms with Crippen LogP contribution >= 0.6 is 0 Å². The van der Waals surface area contributed by atoms with Gasteiger partial charge in [-0.1, -0.05) is 13.8 Å². The third kappa shape index (κ3) is 6.15. The highest BCUT2D eigenvalue weighted by Crippen LogP contribution is 2.30. The maximum atomic E-state index is 12.5. The van der Waals surface area contributed by atoms with E-state index in [0.29, 0.717) is 29.7 Å². The molecule has 0 saturated carbocycles. The normalized spacial score (nSPS) is 11.2. The predicted octanol–water partition coefficient (Wildman–Crippen LogP) is 4.89. The van der Waals surface area contributed by atoms with Gasteiger partial charge in [0, 0.05) is 47.6 Å². The van der Waals surface area contributed by atoms with Crippen molar-refractivity contribution >= 4 is 28.3 Å². The number of anilines is 2. The van der Waals surface area contributed by atoms with Crippen molar-refractivity contribution in [3.05, 3.63) is 48.7 Å². The van der Waals surface area contributed by atoms with Gasteiger partial charge in [0.25, 0.3) is 0 Å². The molecule has 1 aromatic heterocycles. The number of hydrogen-bond acceptors (Lipinski definition) is 4. The number of carbonyl (C=O) groups is 1. The Morgan fingerprint density at radius 2 is 1.74 bits per heavy atom. The molecule has 0 bridgehead atoms. The van der Waals surface area contributed by atoms with Crippen LogP contribution in [0.5, 0.6) is 11.5 Å². The molecule has 1 heterocycles. The molecular weight excluding hydrogens is 392 g/mol. The molecule has 0 radical (unpaired) electrons. The van der Waals surface area contributed by atoms with Crippen molar-refractivity contribution < 1.29 is 14.3 Å². The van der Waals surface area contributed by atoms with Gasteiger partial charge < -0.3 is 29.6 Å². The standard InChI is InChI=1S/C24H32N4O3/c1-17(2)16-31-22-9-7-20(15-23(22)30-5)26-24(29)25-19-6-8-21-18(14-19)10-11-28(21)13-12-27(3)4/h6-11,14-15,17H,12-13,16H2,1-5H3,(H2,25,26,29). The van der Waals surface area contributed by atoms with Crippen LogP contribution in [0.2, 0.25) is 0 Å². The number of benzene rings is 2. The molecule has 0 unspecified atom stereocenters. The van der Waals surface area contributed by atoms with Gasteiger partial charge in [-0.15, -0.1) is 0 Å². The number of methoxy groups -OCH3 is 1. The Bertz CT molecular complexity index is 1030. The Kier molecular flexibility index (Phi) is 7.41. The Hall–Kier alpha value is -3.19. The summed E-state index contributed by atoms with van der Waals surface area (Å²) in [7, 11) is 5.71. The first-order valence-electron chi connectivity index (χ1n) is 10.5. The quantitative estimate of drug-likeness (QED) is 0.513. The number of rotatable bonds is 9. The molecule has 3 rings (SSSR count). The smallest absolute Gasteiger partial charge is 0.323 e. The number of carbonyl (C=O) groups excluding carboxylic acids is 1. The number of ether oxygens (including phenoxy) is 2. The molecular formula is C24H32N4O3. The van der Waals surface area contributed by atoms with Crippen LogP contribution in [-0.4, -0.2) is 49.9 Å². The Balaban J connectivity index is 1.64. The molecule has 0 atom stereocenters. The van der Waals surface area contributed by atoms with Crippen molar-refractivity contribution in [2.24, 2.45) is 5.92 Å². The summed E-state index contributed by atoms with van der Waals surface area (Å²) in [6, 6.07) is 13.0. The maximum Gasteiger partial charge on any atom is 0.323 e. The number of nitrogens with one attached hydrogen (secondary N) is 2. The highest BCUT2D eigenvalue weighted by atomic mass is 16.5. The third-order valence-corrected chi connectivity index (χ3v) is 4.81. The summed E-state index contributed by atoms with van der Waals surface area (Å²) in [5.41, 5.74) is 2.51. The van der Waals surface area contributed by atoms with Crippen LogP contribution in [0.25, 0.3) is 10.9 Å². The summed E-state index contributed by atoms with van der Waals surface area (Å²) in [6.45, 7) is 6.66. The first-order valence-corrected chi connectivity index (χ1v) is 10.5. The lowest BCUT2D eigenvalue weighted by Gasteiger charge is -2.14. The minimum absolute atomic E-state index is 0.315. The van der Waals surface area contributed by atoms with Crippen LogP contribution in [0.3, 0.4) is 0 Å². The number of fused-ring (bicyclic) bond motifs is 1. The monoisotopic (exact) mass is 424 g/mol. The number of nitrogens with zero attached hydrogens (tertiary/aromatic N) is 2. The fourth-order valence-electron chi connectivity index (χ4n) is 3.20. The third-order valence-electron chi connectivity index (χ3n) is 4.81. The molecule has 7 nitrogen and oxygen atoms in total. The second-order valence-electron chi connectivity index (χ2n) is 8.24. The fourth-order valence-corrected chi connectivity index (χ4v) is 3.20. The van der Waals surface area contributed by atoms with E-state index in [9.17, 15) is 4.79 Å². The van der Waals surface area contributed by atoms with E-state index in [-0.39, 0.29) is 6.03 Å². The summed E-state index contributed by atoms with van der Waals surface area (Å²) < 4.78 is 13.4. The van der Waals surface area contributed by atoms with E-state index >= 15 is 0 Å². The van der Waals surface area contributed by atoms with Crippen LogP contribution in [0.15, 0.2) is 48.7 Å². The zero-order valence-electron chi connectivity index (χ0n) is 18.9. The molecule has 2 amide bonds. The van der Waals surface area contributed by atoms with Crippen LogP contribution in [0, 0.1) is 5.92 Å². The molecule has 0 aliphatic rings. The first-order chi connectivity index (χ1) is 14.9. The number of hydrogen-bond donors (Lipinski definition) is 2. The van der Waals surface area contributed by atoms with E-state index in [1.807, 2.05) is 18.2 Å². The highest BCUT2D eigenvalue weighted by Gasteiger charge is 2.10. The van der Waals surface area contributed by atoms with Crippen molar-refractivity contribution in [1.82, 2.24) is 9.47 Å². The van der Waals surface area contributed by atoms with Crippen LogP contribution in [0.1, 0.15) is 13.8 Å². The fraction of sp³-hybridized carbons (Fsp3) is 0.375. The van der Waals surface area contributed by atoms with E-state index < -0.39 is 0 Å². The summed E-state index contributed by atoms with van der Waals surface area (Å²) in [5.74, 6) is 1.65. The summed E-state index contributed by atoms with van der Waals surface area (Å²) in [6.07, 6.45) is 2.08. The van der Waals surface area contributed by atoms with Gasteiger partial charge in [0.05, 0.1) is 13.7 Å². The Morgan fingerprint density at radius 1 is 1.03 bits per heavy atom. The van der Waals surface area contributed by atoms with Gasteiger partial charge in [-0.2, -0.15) is 0 Å². The summed E-state index contributed by atoms with van der Waals surface area (Å²) >= 11 is 0. The first kappa shape index (κ1) is 22.5. The van der Waals surface area contributed by atoms with E-state index in [1.165, 1.54) is 0 Å². The van der Waals surface area contributed by atoms with Gasteiger partial charge in [-0.05, 0) is 56.4 Å². The van der Waals surface area contributed by atoms with E-state index in [2.05, 4.69) is 60.3 Å².